The minimum absolute atomic E-state index is 0.0367. The quantitative estimate of drug-likeness (QED) is 0.746. The highest BCUT2D eigenvalue weighted by molar-refractivity contribution is 14.1. The third-order valence-corrected chi connectivity index (χ3v) is 5.38. The van der Waals surface area contributed by atoms with Gasteiger partial charge in [-0.15, -0.1) is 0 Å². The Labute approximate surface area is 129 Å². The number of rotatable bonds is 5. The van der Waals surface area contributed by atoms with Gasteiger partial charge in [0.25, 0.3) is 0 Å². The highest BCUT2D eigenvalue weighted by atomic mass is 127. The van der Waals surface area contributed by atoms with Crippen LogP contribution in [0.5, 0.6) is 0 Å². The van der Waals surface area contributed by atoms with Crippen LogP contribution in [0.2, 0.25) is 0 Å². The zero-order chi connectivity index (χ0) is 13.9. The number of aliphatic hydroxyl groups is 1. The van der Waals surface area contributed by atoms with Crippen LogP contribution in [0.15, 0.2) is 46.0 Å². The smallest absolute Gasteiger partial charge is 0.240 e. The molecule has 0 fully saturated rings. The molecule has 0 spiro atoms. The minimum Gasteiger partial charge on any atom is -0.387 e. The van der Waals surface area contributed by atoms with E-state index in [0.717, 1.165) is 9.13 Å². The van der Waals surface area contributed by atoms with E-state index in [-0.39, 0.29) is 11.4 Å². The molecule has 0 bridgehead atoms. The second kappa shape index (κ2) is 6.31. The highest BCUT2D eigenvalue weighted by Gasteiger charge is 2.16. The van der Waals surface area contributed by atoms with Crippen molar-refractivity contribution in [2.75, 3.05) is 6.54 Å². The fourth-order valence-corrected chi connectivity index (χ4v) is 3.57. The Morgan fingerprint density at radius 3 is 2.53 bits per heavy atom. The highest BCUT2D eigenvalue weighted by Crippen LogP contribution is 2.17. The van der Waals surface area contributed by atoms with Crippen LogP contribution in [0.3, 0.4) is 0 Å². The summed E-state index contributed by atoms with van der Waals surface area (Å²) >= 11 is 3.57. The first-order valence-electron chi connectivity index (χ1n) is 5.44. The Hall–Kier alpha value is -0.480. The zero-order valence-corrected chi connectivity index (χ0v) is 13.6. The summed E-state index contributed by atoms with van der Waals surface area (Å²) in [6, 6.07) is 8.31. The van der Waals surface area contributed by atoms with Gasteiger partial charge in [-0.25, -0.2) is 13.1 Å². The summed E-state index contributed by atoms with van der Waals surface area (Å²) in [5.41, 5.74) is 0.718. The molecule has 0 aliphatic carbocycles. The molecule has 0 amide bonds. The molecule has 102 valence electrons. The molecular weight excluding hydrogens is 397 g/mol. The van der Waals surface area contributed by atoms with Crippen LogP contribution in [0.25, 0.3) is 0 Å². The number of hydrogen-bond acceptors (Lipinski definition) is 4. The summed E-state index contributed by atoms with van der Waals surface area (Å²) in [5, 5.41) is 13.5. The Bertz CT molecular complexity index is 624. The van der Waals surface area contributed by atoms with Gasteiger partial charge in [-0.2, -0.15) is 11.3 Å². The summed E-state index contributed by atoms with van der Waals surface area (Å²) in [4.78, 5) is 0.199. The lowest BCUT2D eigenvalue weighted by Crippen LogP contribution is -2.28. The van der Waals surface area contributed by atoms with Gasteiger partial charge in [-0.3, -0.25) is 0 Å². The molecule has 1 aromatic carbocycles. The largest absolute Gasteiger partial charge is 0.387 e. The van der Waals surface area contributed by atoms with E-state index in [4.69, 9.17) is 0 Å². The molecule has 0 aliphatic heterocycles. The zero-order valence-electron chi connectivity index (χ0n) is 9.78. The van der Waals surface area contributed by atoms with E-state index in [9.17, 15) is 13.5 Å². The van der Waals surface area contributed by atoms with Gasteiger partial charge >= 0.3 is 0 Å². The fraction of sp³-hybridized carbons (Fsp3) is 0.167. The average molecular weight is 409 g/mol. The maximum absolute atomic E-state index is 12.0. The van der Waals surface area contributed by atoms with Gasteiger partial charge in [0.1, 0.15) is 0 Å². The molecule has 0 saturated heterocycles. The second-order valence-corrected chi connectivity index (χ2v) is 7.67. The van der Waals surface area contributed by atoms with Crippen molar-refractivity contribution in [1.82, 2.24) is 4.72 Å². The molecule has 2 aromatic rings. The topological polar surface area (TPSA) is 66.4 Å². The maximum atomic E-state index is 12.0. The molecule has 0 radical (unpaired) electrons. The summed E-state index contributed by atoms with van der Waals surface area (Å²) in [6.45, 7) is -0.0367. The Morgan fingerprint density at radius 1 is 1.26 bits per heavy atom. The predicted octanol–water partition coefficient (Wildman–Crippen LogP) is 2.36. The predicted molar refractivity (Wildman–Crippen MR) is 83.6 cm³/mol. The van der Waals surface area contributed by atoms with Crippen LogP contribution >= 0.6 is 33.9 Å². The fourth-order valence-electron chi connectivity index (χ4n) is 1.47. The van der Waals surface area contributed by atoms with Crippen LogP contribution < -0.4 is 4.72 Å². The first-order chi connectivity index (χ1) is 8.99. The van der Waals surface area contributed by atoms with E-state index in [0.29, 0.717) is 0 Å². The number of hydrogen-bond donors (Lipinski definition) is 2. The van der Waals surface area contributed by atoms with Crippen molar-refractivity contribution in [3.8, 4) is 0 Å². The van der Waals surface area contributed by atoms with Gasteiger partial charge in [-0.05, 0) is 69.2 Å². The first-order valence-corrected chi connectivity index (χ1v) is 8.95. The lowest BCUT2D eigenvalue weighted by atomic mass is 10.2. The third-order valence-electron chi connectivity index (χ3n) is 2.52. The van der Waals surface area contributed by atoms with Gasteiger partial charge in [-0.1, -0.05) is 0 Å². The standard InChI is InChI=1S/C12H12INO3S2/c13-10-1-3-11(4-2-10)19(16,17)14-7-12(15)9-5-6-18-8-9/h1-6,8,12,14-15H,7H2. The van der Waals surface area contributed by atoms with Gasteiger partial charge in [0.2, 0.25) is 10.0 Å². The molecule has 19 heavy (non-hydrogen) atoms. The van der Waals surface area contributed by atoms with Crippen molar-refractivity contribution in [1.29, 1.82) is 0 Å². The van der Waals surface area contributed by atoms with E-state index in [1.54, 1.807) is 35.7 Å². The Morgan fingerprint density at radius 2 is 1.95 bits per heavy atom. The molecule has 0 saturated carbocycles. The summed E-state index contributed by atoms with van der Waals surface area (Å²) in [7, 11) is -3.57. The van der Waals surface area contributed by atoms with Crippen LogP contribution in [-0.2, 0) is 10.0 Å². The minimum atomic E-state index is -3.57. The van der Waals surface area contributed by atoms with E-state index in [2.05, 4.69) is 27.3 Å². The molecule has 1 atom stereocenters. The van der Waals surface area contributed by atoms with Crippen molar-refractivity contribution >= 4 is 44.0 Å². The molecule has 4 nitrogen and oxygen atoms in total. The van der Waals surface area contributed by atoms with E-state index in [1.165, 1.54) is 11.3 Å². The molecule has 7 heteroatoms. The third kappa shape index (κ3) is 3.99. The summed E-state index contributed by atoms with van der Waals surface area (Å²) in [6.07, 6.45) is -0.829. The van der Waals surface area contributed by atoms with Gasteiger partial charge in [0.15, 0.2) is 0 Å². The second-order valence-electron chi connectivity index (χ2n) is 3.88. The maximum Gasteiger partial charge on any atom is 0.240 e. The molecule has 0 aliphatic rings. The van der Waals surface area contributed by atoms with Gasteiger partial charge in [0.05, 0.1) is 11.0 Å². The number of aliphatic hydroxyl groups excluding tert-OH is 1. The summed E-state index contributed by atoms with van der Waals surface area (Å²) in [5.74, 6) is 0. The van der Waals surface area contributed by atoms with E-state index < -0.39 is 16.1 Å². The molecule has 2 rings (SSSR count). The first kappa shape index (κ1) is 14.9. The van der Waals surface area contributed by atoms with Crippen molar-refractivity contribution in [2.24, 2.45) is 0 Å². The van der Waals surface area contributed by atoms with Gasteiger partial charge < -0.3 is 5.11 Å². The molecule has 1 aromatic heterocycles. The van der Waals surface area contributed by atoms with Crippen LogP contribution in [0.4, 0.5) is 0 Å². The molecule has 2 N–H and O–H groups in total. The van der Waals surface area contributed by atoms with Crippen LogP contribution in [0, 0.1) is 3.57 Å². The summed E-state index contributed by atoms with van der Waals surface area (Å²) < 4.78 is 27.4. The Kier molecular flexibility index (Phi) is 4.96. The number of halogens is 1. The SMILES string of the molecule is O=S(=O)(NCC(O)c1ccsc1)c1ccc(I)cc1. The van der Waals surface area contributed by atoms with E-state index >= 15 is 0 Å². The van der Waals surface area contributed by atoms with Crippen molar-refractivity contribution in [3.05, 3.63) is 50.2 Å². The number of sulfonamides is 1. The van der Waals surface area contributed by atoms with E-state index in [1.807, 2.05) is 5.38 Å². The normalized spacial score (nSPS) is 13.4. The average Bonchev–Trinajstić information content (AvgIpc) is 2.90. The van der Waals surface area contributed by atoms with Crippen LogP contribution in [-0.4, -0.2) is 20.1 Å². The monoisotopic (exact) mass is 409 g/mol. The number of thiophene rings is 1. The van der Waals surface area contributed by atoms with Crippen molar-refractivity contribution < 1.29 is 13.5 Å². The van der Waals surface area contributed by atoms with Crippen molar-refractivity contribution in [2.45, 2.75) is 11.0 Å². The van der Waals surface area contributed by atoms with Crippen molar-refractivity contribution in [3.63, 3.8) is 0 Å². The Balaban J connectivity index is 2.04. The number of nitrogens with one attached hydrogen (secondary N) is 1. The number of benzene rings is 1. The molecule has 1 heterocycles. The molecule has 1 unspecified atom stereocenters. The lowest BCUT2D eigenvalue weighted by Gasteiger charge is -2.11. The van der Waals surface area contributed by atoms with Gasteiger partial charge in [0, 0.05) is 10.1 Å². The van der Waals surface area contributed by atoms with Crippen LogP contribution in [0.1, 0.15) is 11.7 Å². The molecular formula is C12H12INO3S2. The lowest BCUT2D eigenvalue weighted by molar-refractivity contribution is 0.182.